The Morgan fingerprint density at radius 3 is 1.00 bits per heavy atom. The molecule has 0 unspecified atom stereocenters. The van der Waals surface area contributed by atoms with Crippen molar-refractivity contribution < 1.29 is 89.2 Å². The average Bonchev–Trinajstić information content (AvgIpc) is 2.51. The molecule has 32 heavy (non-hydrogen) atoms. The summed E-state index contributed by atoms with van der Waals surface area (Å²) < 4.78 is 227. The van der Waals surface area contributed by atoms with Gasteiger partial charge in [-0.15, -0.1) is 0 Å². The van der Waals surface area contributed by atoms with Crippen LogP contribution in [0.5, 0.6) is 0 Å². The summed E-state index contributed by atoms with van der Waals surface area (Å²) in [4.78, 5) is 0. The van der Waals surface area contributed by atoms with Crippen molar-refractivity contribution in [3.8, 4) is 0 Å². The van der Waals surface area contributed by atoms with Gasteiger partial charge in [-0.05, 0) is 6.42 Å². The lowest BCUT2D eigenvalue weighted by Crippen LogP contribution is -2.68. The molecule has 0 fully saturated rings. The SMILES string of the molecule is OC(O)(CCCC(F)(F)C(F)(F)C(F)(F)C(F)(F)F)C(F)(F)C(F)(F)C(F)(F)C(F)(F)F. The molecule has 0 bridgehead atoms. The van der Waals surface area contributed by atoms with Crippen LogP contribution in [0.3, 0.4) is 0 Å². The normalized spacial score (nSPS) is 16.5. The molecule has 0 spiro atoms. The first-order valence-electron chi connectivity index (χ1n) is 7.31. The van der Waals surface area contributed by atoms with E-state index in [2.05, 4.69) is 0 Å². The third kappa shape index (κ3) is 4.52. The third-order valence-corrected chi connectivity index (χ3v) is 3.87. The molecule has 2 N–H and O–H groups in total. The Bertz CT molecular complexity index is 658. The van der Waals surface area contributed by atoms with E-state index in [0.29, 0.717) is 0 Å². The molecule has 0 aliphatic carbocycles. The minimum Gasteiger partial charge on any atom is -0.361 e. The molecule has 0 saturated heterocycles. The van der Waals surface area contributed by atoms with Crippen molar-refractivity contribution in [1.29, 1.82) is 0 Å². The molecule has 0 amide bonds. The second kappa shape index (κ2) is 7.86. The van der Waals surface area contributed by atoms with E-state index in [4.69, 9.17) is 10.2 Å². The second-order valence-corrected chi connectivity index (χ2v) is 6.24. The average molecular weight is 526 g/mol. The highest BCUT2D eigenvalue weighted by molar-refractivity contribution is 5.06. The summed E-state index contributed by atoms with van der Waals surface area (Å²) >= 11 is 0. The van der Waals surface area contributed by atoms with Crippen LogP contribution in [-0.2, 0) is 0 Å². The maximum Gasteiger partial charge on any atom is 0.460 e. The molecule has 0 atom stereocenters. The quantitative estimate of drug-likeness (QED) is 0.296. The van der Waals surface area contributed by atoms with Crippen molar-refractivity contribution in [2.45, 2.75) is 72.9 Å². The van der Waals surface area contributed by atoms with E-state index in [1.165, 1.54) is 0 Å². The lowest BCUT2D eigenvalue weighted by Gasteiger charge is -2.40. The van der Waals surface area contributed by atoms with E-state index in [1.807, 2.05) is 0 Å². The van der Waals surface area contributed by atoms with Gasteiger partial charge in [-0.1, -0.05) is 0 Å². The number of hydrogen-bond acceptors (Lipinski definition) is 2. The minimum atomic E-state index is -7.70. The lowest BCUT2D eigenvalue weighted by atomic mass is 9.91. The first-order valence-corrected chi connectivity index (χ1v) is 7.31. The molecule has 0 heterocycles. The molecule has 20 heteroatoms. The van der Waals surface area contributed by atoms with Crippen LogP contribution in [0.1, 0.15) is 19.3 Å². The van der Waals surface area contributed by atoms with Gasteiger partial charge >= 0.3 is 47.9 Å². The van der Waals surface area contributed by atoms with Crippen LogP contribution in [0, 0.1) is 0 Å². The second-order valence-electron chi connectivity index (χ2n) is 6.24. The number of aliphatic hydroxyl groups is 2. The van der Waals surface area contributed by atoms with Crippen LogP contribution in [0.2, 0.25) is 0 Å². The zero-order chi connectivity index (χ0) is 26.6. The maximum atomic E-state index is 13.4. The van der Waals surface area contributed by atoms with Gasteiger partial charge in [0.15, 0.2) is 0 Å². The van der Waals surface area contributed by atoms with Gasteiger partial charge < -0.3 is 10.2 Å². The van der Waals surface area contributed by atoms with Gasteiger partial charge in [-0.25, -0.2) is 0 Å². The smallest absolute Gasteiger partial charge is 0.361 e. The highest BCUT2D eigenvalue weighted by atomic mass is 19.4. The monoisotopic (exact) mass is 526 g/mol. The van der Waals surface area contributed by atoms with Gasteiger partial charge in [-0.3, -0.25) is 0 Å². The predicted molar refractivity (Wildman–Crippen MR) is 62.8 cm³/mol. The first-order chi connectivity index (χ1) is 13.5. The fourth-order valence-electron chi connectivity index (χ4n) is 1.91. The largest absolute Gasteiger partial charge is 0.460 e. The third-order valence-electron chi connectivity index (χ3n) is 3.87. The van der Waals surface area contributed by atoms with E-state index in [9.17, 15) is 79.0 Å². The molecular formula is C12H8F18O2. The standard InChI is InChI=1S/C12H8F18O2/c13-4(14,6(15,16)9(21,22)11(25,26)27)2-1-3-5(31,32)7(17,18)8(19,20)10(23,24)12(28,29)30/h31-32H,1-3H2. The van der Waals surface area contributed by atoms with Gasteiger partial charge in [0.05, 0.1) is 0 Å². The zero-order valence-electron chi connectivity index (χ0n) is 14.3. The summed E-state index contributed by atoms with van der Waals surface area (Å²) in [7, 11) is 0. The van der Waals surface area contributed by atoms with Crippen LogP contribution < -0.4 is 0 Å². The Labute approximate surface area is 163 Å². The summed E-state index contributed by atoms with van der Waals surface area (Å²) in [5, 5.41) is 17.5. The molecule has 0 saturated carbocycles. The Kier molecular flexibility index (Phi) is 7.53. The van der Waals surface area contributed by atoms with Gasteiger partial charge in [0.25, 0.3) is 0 Å². The fourth-order valence-corrected chi connectivity index (χ4v) is 1.91. The Morgan fingerprint density at radius 1 is 0.375 bits per heavy atom. The predicted octanol–water partition coefficient (Wildman–Crippen LogP) is 5.77. The Hall–Kier alpha value is -1.34. The zero-order valence-corrected chi connectivity index (χ0v) is 14.3. The molecule has 0 rings (SSSR count). The number of hydrogen-bond donors (Lipinski definition) is 2. The molecule has 0 radical (unpaired) electrons. The highest BCUT2D eigenvalue weighted by Crippen LogP contribution is 2.57. The van der Waals surface area contributed by atoms with Crippen molar-refractivity contribution in [1.82, 2.24) is 0 Å². The summed E-state index contributed by atoms with van der Waals surface area (Å²) in [5.74, 6) is -49.7. The van der Waals surface area contributed by atoms with E-state index in [1.54, 1.807) is 0 Å². The van der Waals surface area contributed by atoms with Crippen molar-refractivity contribution in [2.75, 3.05) is 0 Å². The van der Waals surface area contributed by atoms with Crippen LogP contribution in [-0.4, -0.2) is 63.9 Å². The molecule has 0 aliphatic heterocycles. The summed E-state index contributed by atoms with van der Waals surface area (Å²) in [6.07, 6.45) is -23.2. The molecule has 194 valence electrons. The van der Waals surface area contributed by atoms with Gasteiger partial charge in [0.2, 0.25) is 5.79 Å². The Balaban J connectivity index is 5.78. The summed E-state index contributed by atoms with van der Waals surface area (Å²) in [6, 6.07) is 0. The highest BCUT2D eigenvalue weighted by Gasteiger charge is 2.86. The van der Waals surface area contributed by atoms with Crippen molar-refractivity contribution in [2.24, 2.45) is 0 Å². The van der Waals surface area contributed by atoms with Gasteiger partial charge in [-0.2, -0.15) is 79.0 Å². The maximum absolute atomic E-state index is 13.4. The number of rotatable bonds is 9. The summed E-state index contributed by atoms with van der Waals surface area (Å²) in [5.41, 5.74) is 0. The molecule has 0 aromatic heterocycles. The minimum absolute atomic E-state index is 2.48. The van der Waals surface area contributed by atoms with E-state index < -0.39 is 72.9 Å². The molecule has 0 aromatic carbocycles. The molecule has 0 aliphatic rings. The van der Waals surface area contributed by atoms with E-state index in [0.717, 1.165) is 0 Å². The number of halogens is 18. The van der Waals surface area contributed by atoms with Crippen molar-refractivity contribution in [3.63, 3.8) is 0 Å². The lowest BCUT2D eigenvalue weighted by molar-refractivity contribution is -0.441. The Morgan fingerprint density at radius 2 is 0.688 bits per heavy atom. The van der Waals surface area contributed by atoms with Crippen LogP contribution in [0.4, 0.5) is 79.0 Å². The van der Waals surface area contributed by atoms with Crippen molar-refractivity contribution in [3.05, 3.63) is 0 Å². The molecule has 2 nitrogen and oxygen atoms in total. The van der Waals surface area contributed by atoms with Gasteiger partial charge in [0.1, 0.15) is 0 Å². The van der Waals surface area contributed by atoms with Crippen LogP contribution >= 0.6 is 0 Å². The van der Waals surface area contributed by atoms with E-state index in [-0.39, 0.29) is 0 Å². The van der Waals surface area contributed by atoms with Crippen LogP contribution in [0.15, 0.2) is 0 Å². The topological polar surface area (TPSA) is 40.5 Å². The molecule has 0 aromatic rings. The summed E-state index contributed by atoms with van der Waals surface area (Å²) in [6.45, 7) is 0. The van der Waals surface area contributed by atoms with Crippen molar-refractivity contribution >= 4 is 0 Å². The van der Waals surface area contributed by atoms with E-state index >= 15 is 0 Å². The first kappa shape index (κ1) is 30.7. The fraction of sp³-hybridized carbons (Fsp3) is 1.00. The van der Waals surface area contributed by atoms with Gasteiger partial charge in [0, 0.05) is 12.8 Å². The van der Waals surface area contributed by atoms with Crippen LogP contribution in [0.25, 0.3) is 0 Å². The molecular weight excluding hydrogens is 518 g/mol. The number of alkyl halides is 18.